The van der Waals surface area contributed by atoms with Crippen molar-refractivity contribution in [3.05, 3.63) is 0 Å². The molecule has 5 heteroatoms. The molecule has 1 amide bonds. The van der Waals surface area contributed by atoms with Crippen LogP contribution in [0.5, 0.6) is 0 Å². The Bertz CT molecular complexity index is 242. The van der Waals surface area contributed by atoms with E-state index in [1.807, 2.05) is 6.92 Å². The number of hydrogen-bond acceptors (Lipinski definition) is 4. The molecule has 0 aliphatic heterocycles. The number of carbonyl (C=O) groups is 2. The minimum Gasteiger partial charge on any atom is -0.464 e. The zero-order chi connectivity index (χ0) is 15.3. The van der Waals surface area contributed by atoms with Crippen molar-refractivity contribution in [1.82, 2.24) is 5.32 Å². The Balaban J connectivity index is 0. The van der Waals surface area contributed by atoms with Crippen molar-refractivity contribution in [2.24, 2.45) is 11.8 Å². The van der Waals surface area contributed by atoms with E-state index < -0.39 is 6.09 Å². The number of amides is 1. The summed E-state index contributed by atoms with van der Waals surface area (Å²) >= 11 is 0. The zero-order valence-electron chi connectivity index (χ0n) is 13.1. The number of hydrogen-bond donors (Lipinski definition) is 1. The minimum absolute atomic E-state index is 0.0897. The lowest BCUT2D eigenvalue weighted by Gasteiger charge is -2.09. The number of methoxy groups -OCH3 is 1. The van der Waals surface area contributed by atoms with E-state index in [0.717, 1.165) is 12.3 Å². The van der Waals surface area contributed by atoms with Crippen molar-refractivity contribution in [2.75, 3.05) is 20.3 Å². The summed E-state index contributed by atoms with van der Waals surface area (Å²) in [4.78, 5) is 21.7. The maximum absolute atomic E-state index is 11.1. The van der Waals surface area contributed by atoms with Crippen LogP contribution in [0, 0.1) is 11.8 Å². The second-order valence-electron chi connectivity index (χ2n) is 4.70. The largest absolute Gasteiger partial charge is 0.464 e. The van der Waals surface area contributed by atoms with Gasteiger partial charge in [0.05, 0.1) is 19.6 Å². The van der Waals surface area contributed by atoms with Gasteiger partial charge in [-0.2, -0.15) is 0 Å². The molecule has 0 aromatic heterocycles. The first-order valence-electron chi connectivity index (χ1n) is 6.87. The second kappa shape index (κ2) is 13.2. The van der Waals surface area contributed by atoms with Gasteiger partial charge in [0.15, 0.2) is 0 Å². The van der Waals surface area contributed by atoms with Crippen molar-refractivity contribution >= 4 is 12.1 Å². The smallest absolute Gasteiger partial charge is 0.406 e. The van der Waals surface area contributed by atoms with Gasteiger partial charge in [0.1, 0.15) is 6.61 Å². The summed E-state index contributed by atoms with van der Waals surface area (Å²) in [7, 11) is 1.28. The molecule has 0 aromatic carbocycles. The molecule has 0 aliphatic carbocycles. The molecule has 19 heavy (non-hydrogen) atoms. The molecule has 0 rings (SSSR count). The van der Waals surface area contributed by atoms with E-state index in [2.05, 4.69) is 30.8 Å². The third kappa shape index (κ3) is 14.7. The molecule has 0 heterocycles. The van der Waals surface area contributed by atoms with E-state index in [1.54, 1.807) is 6.92 Å². The summed E-state index contributed by atoms with van der Waals surface area (Å²) in [5, 5.41) is 2.41. The molecule has 114 valence electrons. The van der Waals surface area contributed by atoms with Crippen LogP contribution >= 0.6 is 0 Å². The topological polar surface area (TPSA) is 64.6 Å². The molecule has 0 saturated heterocycles. The lowest BCUT2D eigenvalue weighted by Crippen LogP contribution is -2.28. The van der Waals surface area contributed by atoms with Crippen LogP contribution < -0.4 is 5.32 Å². The molecule has 0 spiro atoms. The highest BCUT2D eigenvalue weighted by Crippen LogP contribution is 2.02. The molecule has 1 atom stereocenters. The van der Waals surface area contributed by atoms with E-state index >= 15 is 0 Å². The van der Waals surface area contributed by atoms with Gasteiger partial charge in [0.25, 0.3) is 0 Å². The summed E-state index contributed by atoms with van der Waals surface area (Å²) in [6.45, 7) is 10.8. The van der Waals surface area contributed by atoms with Crippen LogP contribution in [0.4, 0.5) is 4.79 Å². The average molecular weight is 275 g/mol. The van der Waals surface area contributed by atoms with Crippen molar-refractivity contribution in [2.45, 2.75) is 47.5 Å². The minimum atomic E-state index is -0.524. The normalized spacial score (nSPS) is 11.1. The fourth-order valence-corrected chi connectivity index (χ4v) is 0.686. The van der Waals surface area contributed by atoms with Gasteiger partial charge in [0, 0.05) is 0 Å². The summed E-state index contributed by atoms with van der Waals surface area (Å²) in [6, 6.07) is 0. The van der Waals surface area contributed by atoms with Crippen molar-refractivity contribution in [3.8, 4) is 0 Å². The summed E-state index contributed by atoms with van der Waals surface area (Å²) < 4.78 is 9.22. The highest BCUT2D eigenvalue weighted by Gasteiger charge is 2.11. The first-order chi connectivity index (χ1) is 8.88. The van der Waals surface area contributed by atoms with Crippen LogP contribution in [-0.2, 0) is 14.3 Å². The summed E-state index contributed by atoms with van der Waals surface area (Å²) in [5.74, 6) is 0.558. The third-order valence-corrected chi connectivity index (χ3v) is 2.63. The number of rotatable bonds is 6. The molecule has 0 aromatic rings. The van der Waals surface area contributed by atoms with Gasteiger partial charge in [-0.05, 0) is 12.3 Å². The molecule has 5 nitrogen and oxygen atoms in total. The van der Waals surface area contributed by atoms with Crippen LogP contribution in [0.3, 0.4) is 0 Å². The summed E-state index contributed by atoms with van der Waals surface area (Å²) in [6.07, 6.45) is 1.54. The van der Waals surface area contributed by atoms with Gasteiger partial charge in [-0.25, -0.2) is 4.79 Å². The number of alkyl carbamates (subject to hydrolysis) is 1. The lowest BCUT2D eigenvalue weighted by molar-refractivity contribution is -0.147. The Hall–Kier alpha value is -1.26. The monoisotopic (exact) mass is 275 g/mol. The molecule has 1 N–H and O–H groups in total. The SMILES string of the molecule is CCC(C)C.CCC(C)C(=O)OCCNC(=O)OC. The third-order valence-electron chi connectivity index (χ3n) is 2.63. The lowest BCUT2D eigenvalue weighted by atomic mass is 10.1. The van der Waals surface area contributed by atoms with Crippen LogP contribution in [0.1, 0.15) is 47.5 Å². The fraction of sp³-hybridized carbons (Fsp3) is 0.857. The predicted octanol–water partition coefficient (Wildman–Crippen LogP) is 2.98. The van der Waals surface area contributed by atoms with Gasteiger partial charge in [-0.15, -0.1) is 0 Å². The molecule has 0 bridgehead atoms. The van der Waals surface area contributed by atoms with Gasteiger partial charge < -0.3 is 14.8 Å². The predicted molar refractivity (Wildman–Crippen MR) is 76.0 cm³/mol. The van der Waals surface area contributed by atoms with Crippen LogP contribution in [0.25, 0.3) is 0 Å². The Morgan fingerprint density at radius 1 is 1.11 bits per heavy atom. The average Bonchev–Trinajstić information content (AvgIpc) is 2.42. The Labute approximate surface area is 117 Å². The Kier molecular flexibility index (Phi) is 13.9. The van der Waals surface area contributed by atoms with Crippen molar-refractivity contribution in [1.29, 1.82) is 0 Å². The van der Waals surface area contributed by atoms with Gasteiger partial charge >= 0.3 is 12.1 Å². The molecular weight excluding hydrogens is 246 g/mol. The highest BCUT2D eigenvalue weighted by molar-refractivity contribution is 5.72. The maximum Gasteiger partial charge on any atom is 0.406 e. The quantitative estimate of drug-likeness (QED) is 0.598. The van der Waals surface area contributed by atoms with E-state index in [-0.39, 0.29) is 25.0 Å². The van der Waals surface area contributed by atoms with Crippen LogP contribution in [0.15, 0.2) is 0 Å². The number of ether oxygens (including phenoxy) is 2. The van der Waals surface area contributed by atoms with Crippen LogP contribution in [-0.4, -0.2) is 32.3 Å². The number of nitrogens with one attached hydrogen (secondary N) is 1. The second-order valence-corrected chi connectivity index (χ2v) is 4.70. The van der Waals surface area contributed by atoms with E-state index in [1.165, 1.54) is 13.5 Å². The van der Waals surface area contributed by atoms with E-state index in [0.29, 0.717) is 0 Å². The van der Waals surface area contributed by atoms with Gasteiger partial charge in [-0.1, -0.05) is 41.0 Å². The van der Waals surface area contributed by atoms with Crippen molar-refractivity contribution < 1.29 is 19.1 Å². The van der Waals surface area contributed by atoms with E-state index in [4.69, 9.17) is 4.74 Å². The van der Waals surface area contributed by atoms with Gasteiger partial charge in [-0.3, -0.25) is 4.79 Å². The molecule has 0 radical (unpaired) electrons. The van der Waals surface area contributed by atoms with Crippen LogP contribution in [0.2, 0.25) is 0 Å². The Morgan fingerprint density at radius 2 is 1.63 bits per heavy atom. The number of esters is 1. The molecule has 0 saturated carbocycles. The first kappa shape index (κ1) is 20.1. The Morgan fingerprint density at radius 3 is 2.00 bits per heavy atom. The fourth-order valence-electron chi connectivity index (χ4n) is 0.686. The molecule has 1 unspecified atom stereocenters. The molecular formula is C14H29NO4. The standard InChI is InChI=1S/C9H17NO4.C5H12/c1-4-7(2)8(11)14-6-5-10-9(12)13-3;1-4-5(2)3/h7H,4-6H2,1-3H3,(H,10,12);5H,4H2,1-3H3. The maximum atomic E-state index is 11.1. The zero-order valence-corrected chi connectivity index (χ0v) is 13.1. The summed E-state index contributed by atoms with van der Waals surface area (Å²) in [5.41, 5.74) is 0. The van der Waals surface area contributed by atoms with Gasteiger partial charge in [0.2, 0.25) is 0 Å². The van der Waals surface area contributed by atoms with E-state index in [9.17, 15) is 9.59 Å². The number of carbonyl (C=O) groups excluding carboxylic acids is 2. The highest BCUT2D eigenvalue weighted by atomic mass is 16.5. The molecule has 0 aliphatic rings. The molecule has 0 fully saturated rings. The first-order valence-corrected chi connectivity index (χ1v) is 6.87. The van der Waals surface area contributed by atoms with Crippen molar-refractivity contribution in [3.63, 3.8) is 0 Å².